The summed E-state index contributed by atoms with van der Waals surface area (Å²) in [6.07, 6.45) is -0.715. The summed E-state index contributed by atoms with van der Waals surface area (Å²) >= 11 is 0. The molecule has 4 rings (SSSR count). The third-order valence-corrected chi connectivity index (χ3v) is 4.94. The molecule has 4 aromatic rings. The number of benzene rings is 3. The van der Waals surface area contributed by atoms with Crippen LogP contribution in [0.3, 0.4) is 0 Å². The minimum atomic E-state index is -1.15. The van der Waals surface area contributed by atoms with Gasteiger partial charge in [0.15, 0.2) is 6.61 Å². The van der Waals surface area contributed by atoms with Gasteiger partial charge in [-0.2, -0.15) is 0 Å². The Morgan fingerprint density at radius 3 is 2.50 bits per heavy atom. The molecule has 1 unspecified atom stereocenters. The smallest absolute Gasteiger partial charge is 0.408 e. The van der Waals surface area contributed by atoms with Crippen molar-refractivity contribution in [2.75, 3.05) is 0 Å². The van der Waals surface area contributed by atoms with E-state index in [1.807, 2.05) is 24.3 Å². The maximum atomic E-state index is 13.5. The highest BCUT2D eigenvalue weighted by molar-refractivity contribution is 5.84. The number of hydrogen-bond acceptors (Lipinski definition) is 4. The molecule has 3 aromatic carbocycles. The molecule has 0 aliphatic heterocycles. The number of fused-ring (bicyclic) bond motifs is 1. The first-order valence-electron chi connectivity index (χ1n) is 9.96. The van der Waals surface area contributed by atoms with E-state index in [0.717, 1.165) is 22.1 Å². The van der Waals surface area contributed by atoms with E-state index in [4.69, 9.17) is 9.15 Å². The molecule has 6 nitrogen and oxygen atoms in total. The van der Waals surface area contributed by atoms with Gasteiger partial charge in [0.05, 0.1) is 0 Å². The highest BCUT2D eigenvalue weighted by Gasteiger charge is 2.21. The van der Waals surface area contributed by atoms with Gasteiger partial charge in [0, 0.05) is 11.8 Å². The first-order chi connectivity index (χ1) is 15.5. The Hall–Kier alpha value is -4.13. The minimum Gasteiger partial charge on any atom is -0.480 e. The number of hydrogen-bond donors (Lipinski definition) is 2. The molecule has 0 saturated carbocycles. The van der Waals surface area contributed by atoms with Crippen LogP contribution in [0.1, 0.15) is 11.3 Å². The average molecular weight is 433 g/mol. The van der Waals surface area contributed by atoms with Crippen LogP contribution in [0.5, 0.6) is 0 Å². The van der Waals surface area contributed by atoms with E-state index >= 15 is 0 Å². The quantitative estimate of drug-likeness (QED) is 0.420. The summed E-state index contributed by atoms with van der Waals surface area (Å²) in [5, 5.41) is 12.5. The van der Waals surface area contributed by atoms with Crippen LogP contribution in [0.15, 0.2) is 83.3 Å². The van der Waals surface area contributed by atoms with Crippen LogP contribution in [-0.4, -0.2) is 23.2 Å². The lowest BCUT2D eigenvalue weighted by Crippen LogP contribution is -2.42. The first kappa shape index (κ1) is 21.1. The number of carboxylic acids is 1. The second-order valence-corrected chi connectivity index (χ2v) is 7.28. The van der Waals surface area contributed by atoms with Gasteiger partial charge in [0.2, 0.25) is 0 Å². The van der Waals surface area contributed by atoms with Crippen molar-refractivity contribution in [2.24, 2.45) is 0 Å². The monoisotopic (exact) mass is 433 g/mol. The van der Waals surface area contributed by atoms with Gasteiger partial charge in [-0.1, -0.05) is 48.5 Å². The fraction of sp³-hybridized carbons (Fsp3) is 0.120. The van der Waals surface area contributed by atoms with E-state index in [1.165, 1.54) is 12.1 Å². The van der Waals surface area contributed by atoms with Gasteiger partial charge < -0.3 is 19.6 Å². The van der Waals surface area contributed by atoms with Crippen molar-refractivity contribution in [1.82, 2.24) is 5.32 Å². The van der Waals surface area contributed by atoms with Gasteiger partial charge in [0.1, 0.15) is 23.2 Å². The third kappa shape index (κ3) is 5.13. The van der Waals surface area contributed by atoms with Crippen molar-refractivity contribution in [1.29, 1.82) is 0 Å². The van der Waals surface area contributed by atoms with Crippen LogP contribution in [0.2, 0.25) is 0 Å². The number of carbonyl (C=O) groups excluding carboxylic acids is 1. The molecule has 0 radical (unpaired) electrons. The summed E-state index contributed by atoms with van der Waals surface area (Å²) in [5.74, 6) is -1.07. The lowest BCUT2D eigenvalue weighted by Gasteiger charge is -2.14. The zero-order valence-electron chi connectivity index (χ0n) is 17.0. The predicted octanol–water partition coefficient (Wildman–Crippen LogP) is 5.16. The Bertz CT molecular complexity index is 1250. The Morgan fingerprint density at radius 2 is 1.75 bits per heavy atom. The van der Waals surface area contributed by atoms with Crippen LogP contribution >= 0.6 is 0 Å². The Morgan fingerprint density at radius 1 is 0.969 bits per heavy atom. The van der Waals surface area contributed by atoms with Gasteiger partial charge >= 0.3 is 12.1 Å². The van der Waals surface area contributed by atoms with Crippen molar-refractivity contribution < 1.29 is 28.2 Å². The topological polar surface area (TPSA) is 88.8 Å². The molecular formula is C25H20FNO5. The van der Waals surface area contributed by atoms with E-state index in [2.05, 4.69) is 5.32 Å². The summed E-state index contributed by atoms with van der Waals surface area (Å²) in [6.45, 7) is -0.159. The number of carboxylic acid groups (broad SMARTS) is 1. The lowest BCUT2D eigenvalue weighted by molar-refractivity contribution is -0.139. The van der Waals surface area contributed by atoms with Crippen molar-refractivity contribution in [3.05, 3.63) is 96.0 Å². The molecule has 1 heterocycles. The highest BCUT2D eigenvalue weighted by Crippen LogP contribution is 2.27. The number of ether oxygens (including phenoxy) is 1. The highest BCUT2D eigenvalue weighted by atomic mass is 19.1. The van der Waals surface area contributed by atoms with Gasteiger partial charge in [-0.3, -0.25) is 0 Å². The van der Waals surface area contributed by atoms with Crippen LogP contribution in [0, 0.1) is 5.82 Å². The second kappa shape index (κ2) is 9.34. The number of nitrogens with one attached hydrogen (secondary N) is 1. The Labute approximate surface area is 183 Å². The largest absolute Gasteiger partial charge is 0.480 e. The molecule has 162 valence electrons. The molecule has 0 aliphatic rings. The maximum absolute atomic E-state index is 13.5. The van der Waals surface area contributed by atoms with E-state index in [0.29, 0.717) is 11.3 Å². The molecule has 1 aromatic heterocycles. The molecule has 0 spiro atoms. The summed E-state index contributed by atoms with van der Waals surface area (Å²) < 4.78 is 24.3. The SMILES string of the molecule is O=C(NC(Cc1ccccc1)C(=O)O)OCc1cc2cc(-c3cccc(F)c3)ccc2o1. The van der Waals surface area contributed by atoms with E-state index < -0.39 is 18.1 Å². The fourth-order valence-corrected chi connectivity index (χ4v) is 3.39. The maximum Gasteiger partial charge on any atom is 0.408 e. The van der Waals surface area contributed by atoms with Crippen molar-refractivity contribution in [3.63, 3.8) is 0 Å². The molecule has 0 saturated heterocycles. The van der Waals surface area contributed by atoms with E-state index in [9.17, 15) is 19.1 Å². The normalized spacial score (nSPS) is 11.8. The molecule has 32 heavy (non-hydrogen) atoms. The molecule has 1 atom stereocenters. The van der Waals surface area contributed by atoms with Crippen LogP contribution in [0.25, 0.3) is 22.1 Å². The zero-order valence-corrected chi connectivity index (χ0v) is 17.0. The lowest BCUT2D eigenvalue weighted by atomic mass is 10.0. The number of amides is 1. The molecular weight excluding hydrogens is 413 g/mol. The van der Waals surface area contributed by atoms with Gasteiger partial charge in [-0.15, -0.1) is 0 Å². The molecule has 7 heteroatoms. The molecule has 0 fully saturated rings. The molecule has 2 N–H and O–H groups in total. The molecule has 0 aliphatic carbocycles. The van der Waals surface area contributed by atoms with Gasteiger partial charge in [0.25, 0.3) is 0 Å². The number of alkyl carbamates (subject to hydrolysis) is 1. The average Bonchev–Trinajstić information content (AvgIpc) is 3.20. The summed E-state index contributed by atoms with van der Waals surface area (Å²) in [6, 6.07) is 21.3. The summed E-state index contributed by atoms with van der Waals surface area (Å²) in [7, 11) is 0. The minimum absolute atomic E-state index is 0.138. The number of rotatable bonds is 7. The zero-order chi connectivity index (χ0) is 22.5. The predicted molar refractivity (Wildman–Crippen MR) is 116 cm³/mol. The Kier molecular flexibility index (Phi) is 6.17. The van der Waals surface area contributed by atoms with Crippen molar-refractivity contribution in [3.8, 4) is 11.1 Å². The van der Waals surface area contributed by atoms with E-state index in [-0.39, 0.29) is 18.8 Å². The van der Waals surface area contributed by atoms with Gasteiger partial charge in [-0.25, -0.2) is 14.0 Å². The molecule has 0 bridgehead atoms. The van der Waals surface area contributed by atoms with Gasteiger partial charge in [-0.05, 0) is 47.0 Å². The summed E-state index contributed by atoms with van der Waals surface area (Å²) in [4.78, 5) is 23.6. The Balaban J connectivity index is 1.39. The van der Waals surface area contributed by atoms with E-state index in [1.54, 1.807) is 42.5 Å². The number of furan rings is 1. The summed E-state index contributed by atoms with van der Waals surface area (Å²) in [5.41, 5.74) is 2.94. The van der Waals surface area contributed by atoms with Crippen LogP contribution in [-0.2, 0) is 22.6 Å². The number of aliphatic carboxylic acids is 1. The van der Waals surface area contributed by atoms with Crippen molar-refractivity contribution in [2.45, 2.75) is 19.1 Å². The first-order valence-corrected chi connectivity index (χ1v) is 9.96. The molecule has 1 amide bonds. The third-order valence-electron chi connectivity index (χ3n) is 4.94. The fourth-order valence-electron chi connectivity index (χ4n) is 3.39. The number of halogens is 1. The van der Waals surface area contributed by atoms with Crippen LogP contribution < -0.4 is 5.32 Å². The second-order valence-electron chi connectivity index (χ2n) is 7.28. The number of carbonyl (C=O) groups is 2. The van der Waals surface area contributed by atoms with Crippen molar-refractivity contribution >= 4 is 23.0 Å². The standard InChI is InChI=1S/C25H20FNO5/c26-20-8-4-7-17(13-20)18-9-10-23-19(12-18)14-21(32-23)15-31-25(30)27-22(24(28)29)11-16-5-2-1-3-6-16/h1-10,12-14,22H,11,15H2,(H,27,30)(H,28,29). The van der Waals surface area contributed by atoms with Crippen LogP contribution in [0.4, 0.5) is 9.18 Å².